The first-order valence-electron chi connectivity index (χ1n) is 9.30. The van der Waals surface area contributed by atoms with Gasteiger partial charge in [-0.3, -0.25) is 14.3 Å². The first-order valence-corrected chi connectivity index (χ1v) is 9.30. The predicted octanol–water partition coefficient (Wildman–Crippen LogP) is 3.31. The Bertz CT molecular complexity index is 819. The highest BCUT2D eigenvalue weighted by Crippen LogP contribution is 2.38. The van der Waals surface area contributed by atoms with Gasteiger partial charge in [0.1, 0.15) is 11.6 Å². The van der Waals surface area contributed by atoms with Crippen molar-refractivity contribution in [1.29, 1.82) is 0 Å². The predicted molar refractivity (Wildman–Crippen MR) is 94.8 cm³/mol. The lowest BCUT2D eigenvalue weighted by Gasteiger charge is -2.32. The molecule has 1 aromatic heterocycles. The van der Waals surface area contributed by atoms with Crippen molar-refractivity contribution in [3.63, 3.8) is 0 Å². The number of likely N-dealkylation sites (tertiary alicyclic amines) is 1. The van der Waals surface area contributed by atoms with Crippen LogP contribution in [0.3, 0.4) is 0 Å². The molecule has 4 nitrogen and oxygen atoms in total. The molecule has 1 aliphatic heterocycles. The molecule has 0 unspecified atom stereocenters. The molecule has 138 valence electrons. The standard InChI is InChI=1S/C20H23F2N3O/c21-17-7-15(8-18(22)9-17)11-24-5-3-14(4-6-24)12-25-13-23-19(10-20(25)26)16-1-2-16/h7-10,13-14,16H,1-6,11-12H2. The van der Waals surface area contributed by atoms with Gasteiger partial charge in [0.05, 0.1) is 12.0 Å². The monoisotopic (exact) mass is 359 g/mol. The summed E-state index contributed by atoms with van der Waals surface area (Å²) >= 11 is 0. The minimum Gasteiger partial charge on any atom is -0.299 e. The molecule has 26 heavy (non-hydrogen) atoms. The largest absolute Gasteiger partial charge is 0.299 e. The minimum absolute atomic E-state index is 0.0413. The first kappa shape index (κ1) is 17.3. The molecule has 1 saturated heterocycles. The van der Waals surface area contributed by atoms with E-state index in [-0.39, 0.29) is 5.56 Å². The van der Waals surface area contributed by atoms with Crippen LogP contribution in [0, 0.1) is 17.6 Å². The Morgan fingerprint density at radius 2 is 1.69 bits per heavy atom. The maximum absolute atomic E-state index is 13.3. The zero-order valence-corrected chi connectivity index (χ0v) is 14.7. The van der Waals surface area contributed by atoms with E-state index >= 15 is 0 Å². The van der Waals surface area contributed by atoms with Gasteiger partial charge in [-0.1, -0.05) is 0 Å². The molecule has 0 atom stereocenters. The van der Waals surface area contributed by atoms with Crippen LogP contribution < -0.4 is 5.56 Å². The molecule has 2 heterocycles. The van der Waals surface area contributed by atoms with E-state index in [1.807, 2.05) is 0 Å². The molecular formula is C20H23F2N3O. The van der Waals surface area contributed by atoms with Crippen LogP contribution in [0.5, 0.6) is 0 Å². The van der Waals surface area contributed by atoms with Crippen molar-refractivity contribution in [3.8, 4) is 0 Å². The van der Waals surface area contributed by atoms with Crippen LogP contribution in [0.2, 0.25) is 0 Å². The topological polar surface area (TPSA) is 38.1 Å². The van der Waals surface area contributed by atoms with Crippen molar-refractivity contribution >= 4 is 0 Å². The Morgan fingerprint density at radius 1 is 1.00 bits per heavy atom. The normalized spacial score (nSPS) is 19.0. The van der Waals surface area contributed by atoms with Gasteiger partial charge in [0.15, 0.2) is 0 Å². The lowest BCUT2D eigenvalue weighted by Crippen LogP contribution is -2.36. The zero-order valence-electron chi connectivity index (χ0n) is 14.7. The molecule has 0 spiro atoms. The summed E-state index contributed by atoms with van der Waals surface area (Å²) in [6.07, 6.45) is 5.91. The van der Waals surface area contributed by atoms with Crippen LogP contribution in [0.25, 0.3) is 0 Å². The van der Waals surface area contributed by atoms with Crippen molar-refractivity contribution in [3.05, 3.63) is 63.8 Å². The van der Waals surface area contributed by atoms with Gasteiger partial charge in [-0.2, -0.15) is 0 Å². The highest BCUT2D eigenvalue weighted by atomic mass is 19.1. The molecule has 4 rings (SSSR count). The van der Waals surface area contributed by atoms with E-state index in [0.717, 1.165) is 50.5 Å². The SMILES string of the molecule is O=c1cc(C2CC2)ncn1CC1CCN(Cc2cc(F)cc(F)c2)CC1. The second-order valence-corrected chi connectivity index (χ2v) is 7.58. The molecule has 0 radical (unpaired) electrons. The second-order valence-electron chi connectivity index (χ2n) is 7.58. The molecule has 0 bridgehead atoms. The van der Waals surface area contributed by atoms with Crippen LogP contribution in [-0.2, 0) is 13.1 Å². The zero-order chi connectivity index (χ0) is 18.1. The third-order valence-electron chi connectivity index (χ3n) is 5.39. The van der Waals surface area contributed by atoms with E-state index in [9.17, 15) is 13.6 Å². The smallest absolute Gasteiger partial charge is 0.253 e. The fourth-order valence-electron chi connectivity index (χ4n) is 3.75. The molecule has 1 aliphatic carbocycles. The lowest BCUT2D eigenvalue weighted by atomic mass is 9.96. The summed E-state index contributed by atoms with van der Waals surface area (Å²) in [6, 6.07) is 5.37. The van der Waals surface area contributed by atoms with Crippen molar-refractivity contribution in [2.75, 3.05) is 13.1 Å². The van der Waals surface area contributed by atoms with E-state index in [4.69, 9.17) is 0 Å². The number of aromatic nitrogens is 2. The van der Waals surface area contributed by atoms with Crippen LogP contribution in [0.1, 0.15) is 42.9 Å². The number of hydrogen-bond acceptors (Lipinski definition) is 3. The maximum atomic E-state index is 13.3. The Hall–Kier alpha value is -2.08. The molecule has 6 heteroatoms. The third kappa shape index (κ3) is 4.18. The maximum Gasteiger partial charge on any atom is 0.253 e. The first-order chi connectivity index (χ1) is 12.6. The van der Waals surface area contributed by atoms with Crippen molar-refractivity contribution in [1.82, 2.24) is 14.5 Å². The summed E-state index contributed by atoms with van der Waals surface area (Å²) in [7, 11) is 0. The summed E-state index contributed by atoms with van der Waals surface area (Å²) < 4.78 is 28.3. The van der Waals surface area contributed by atoms with E-state index in [1.165, 1.54) is 12.1 Å². The quantitative estimate of drug-likeness (QED) is 0.822. The highest BCUT2D eigenvalue weighted by molar-refractivity contribution is 5.18. The Balaban J connectivity index is 1.31. The summed E-state index contributed by atoms with van der Waals surface area (Å²) in [5.74, 6) is -0.136. The lowest BCUT2D eigenvalue weighted by molar-refractivity contribution is 0.166. The number of halogens is 2. The number of benzene rings is 1. The Morgan fingerprint density at radius 3 is 2.31 bits per heavy atom. The molecule has 1 aromatic carbocycles. The molecule has 2 aromatic rings. The third-order valence-corrected chi connectivity index (χ3v) is 5.39. The number of hydrogen-bond donors (Lipinski definition) is 0. The van der Waals surface area contributed by atoms with Gasteiger partial charge in [-0.15, -0.1) is 0 Å². The van der Waals surface area contributed by atoms with Gasteiger partial charge in [-0.05, 0) is 62.4 Å². The van der Waals surface area contributed by atoms with Crippen molar-refractivity contribution in [2.45, 2.75) is 44.7 Å². The number of nitrogens with zero attached hydrogens (tertiary/aromatic N) is 3. The molecule has 2 aliphatic rings. The minimum atomic E-state index is -0.531. The van der Waals surface area contributed by atoms with Crippen LogP contribution in [-0.4, -0.2) is 27.5 Å². The van der Waals surface area contributed by atoms with Gasteiger partial charge >= 0.3 is 0 Å². The van der Waals surface area contributed by atoms with Gasteiger partial charge in [0.2, 0.25) is 0 Å². The van der Waals surface area contributed by atoms with Crippen LogP contribution in [0.15, 0.2) is 35.4 Å². The van der Waals surface area contributed by atoms with E-state index in [1.54, 1.807) is 17.0 Å². The molecule has 1 saturated carbocycles. The fraction of sp³-hybridized carbons (Fsp3) is 0.500. The second kappa shape index (κ2) is 7.27. The summed E-state index contributed by atoms with van der Waals surface area (Å²) in [5.41, 5.74) is 1.64. The Kier molecular flexibility index (Phi) is 4.85. The van der Waals surface area contributed by atoms with Crippen molar-refractivity contribution < 1.29 is 8.78 Å². The fourth-order valence-corrected chi connectivity index (χ4v) is 3.75. The summed E-state index contributed by atoms with van der Waals surface area (Å²) in [6.45, 7) is 2.98. The van der Waals surface area contributed by atoms with E-state index in [0.29, 0.717) is 30.5 Å². The van der Waals surface area contributed by atoms with E-state index < -0.39 is 11.6 Å². The van der Waals surface area contributed by atoms with Gasteiger partial charge in [-0.25, -0.2) is 13.8 Å². The van der Waals surface area contributed by atoms with Crippen LogP contribution in [0.4, 0.5) is 8.78 Å². The average Bonchev–Trinajstić information content (AvgIpc) is 3.42. The molecule has 0 N–H and O–H groups in total. The summed E-state index contributed by atoms with van der Waals surface area (Å²) in [5, 5.41) is 0. The molecular weight excluding hydrogens is 336 g/mol. The van der Waals surface area contributed by atoms with Crippen molar-refractivity contribution in [2.24, 2.45) is 5.92 Å². The molecule has 2 fully saturated rings. The van der Waals surface area contributed by atoms with E-state index in [2.05, 4.69) is 9.88 Å². The van der Waals surface area contributed by atoms with Gasteiger partial charge < -0.3 is 0 Å². The van der Waals surface area contributed by atoms with Gasteiger partial charge in [0, 0.05) is 31.1 Å². The van der Waals surface area contributed by atoms with Crippen LogP contribution >= 0.6 is 0 Å². The van der Waals surface area contributed by atoms with Gasteiger partial charge in [0.25, 0.3) is 5.56 Å². The summed E-state index contributed by atoms with van der Waals surface area (Å²) in [4.78, 5) is 18.9. The average molecular weight is 359 g/mol. The highest BCUT2D eigenvalue weighted by Gasteiger charge is 2.26. The Labute approximate surface area is 151 Å². The number of rotatable bonds is 5. The number of piperidine rings is 1. The molecule has 0 amide bonds.